The summed E-state index contributed by atoms with van der Waals surface area (Å²) in [5.41, 5.74) is 11.3. The van der Waals surface area contributed by atoms with Crippen molar-refractivity contribution in [2.75, 3.05) is 49.3 Å². The number of aliphatic hydroxyl groups excluding tert-OH is 1. The largest absolute Gasteiger partial charge is 0.395 e. The number of hydrogen-bond donors (Lipinski definition) is 1. The predicted molar refractivity (Wildman–Crippen MR) is 208 cm³/mol. The molecule has 3 aromatic carbocycles. The molecule has 0 saturated heterocycles. The zero-order valence-electron chi connectivity index (χ0n) is 29.7. The number of rotatable bonds is 10. The van der Waals surface area contributed by atoms with E-state index in [1.54, 1.807) is 12.1 Å². The minimum Gasteiger partial charge on any atom is -0.395 e. The van der Waals surface area contributed by atoms with Crippen molar-refractivity contribution in [3.05, 3.63) is 139 Å². The fraction of sp³-hybridized carbons (Fsp3) is 0.220. The molecule has 1 N–H and O–H groups in total. The van der Waals surface area contributed by atoms with Crippen molar-refractivity contribution in [2.24, 2.45) is 0 Å². The summed E-state index contributed by atoms with van der Waals surface area (Å²) in [6.45, 7) is 7.25. The Labute approximate surface area is 300 Å². The highest BCUT2D eigenvalue weighted by molar-refractivity contribution is 7.91. The van der Waals surface area contributed by atoms with Gasteiger partial charge in [0.05, 0.1) is 28.6 Å². The molecule has 9 nitrogen and oxygen atoms in total. The number of anilines is 2. The van der Waals surface area contributed by atoms with Gasteiger partial charge in [0.1, 0.15) is 11.3 Å². The molecule has 0 aliphatic rings. The molecule has 51 heavy (non-hydrogen) atoms. The number of hydrogen-bond acceptors (Lipinski definition) is 7. The van der Waals surface area contributed by atoms with Crippen molar-refractivity contribution in [3.63, 3.8) is 0 Å². The van der Waals surface area contributed by atoms with Gasteiger partial charge in [-0.3, -0.25) is 0 Å². The van der Waals surface area contributed by atoms with E-state index in [-0.39, 0.29) is 12.4 Å². The van der Waals surface area contributed by atoms with Gasteiger partial charge in [-0.15, -0.1) is 0 Å². The lowest BCUT2D eigenvalue weighted by atomic mass is 10.1. The summed E-state index contributed by atoms with van der Waals surface area (Å²) in [7, 11) is 0.547. The smallest absolute Gasteiger partial charge is 0.180 e. The lowest BCUT2D eigenvalue weighted by Crippen LogP contribution is -2.25. The Morgan fingerprint density at radius 2 is 1.02 bits per heavy atom. The van der Waals surface area contributed by atoms with Crippen LogP contribution >= 0.6 is 0 Å². The van der Waals surface area contributed by atoms with E-state index in [0.29, 0.717) is 18.0 Å². The van der Waals surface area contributed by atoms with E-state index >= 15 is 0 Å². The Bertz CT molecular complexity index is 2350. The van der Waals surface area contributed by atoms with Crippen LogP contribution in [0.3, 0.4) is 0 Å². The number of benzene rings is 3. The van der Waals surface area contributed by atoms with Crippen LogP contribution in [-0.4, -0.2) is 71.8 Å². The Kier molecular flexibility index (Phi) is 10.5. The monoisotopic (exact) mass is 700 g/mol. The van der Waals surface area contributed by atoms with Crippen molar-refractivity contribution in [3.8, 4) is 22.5 Å². The number of nitrogens with zero attached hydrogens (tertiary/aromatic N) is 6. The normalized spacial score (nSPS) is 11.4. The number of pyridine rings is 2. The molecule has 0 amide bonds. The lowest BCUT2D eigenvalue weighted by molar-refractivity contribution is 0.304. The summed E-state index contributed by atoms with van der Waals surface area (Å²) in [4.78, 5) is 13.8. The molecule has 0 aliphatic carbocycles. The molecular weight excluding hydrogens is 657 g/mol. The molecule has 0 unspecified atom stereocenters. The first kappa shape index (κ1) is 35.4. The summed E-state index contributed by atoms with van der Waals surface area (Å²) in [6, 6.07) is 31.7. The fourth-order valence-electron chi connectivity index (χ4n) is 5.67. The van der Waals surface area contributed by atoms with Gasteiger partial charge in [-0.05, 0) is 45.0 Å². The van der Waals surface area contributed by atoms with Crippen molar-refractivity contribution in [1.82, 2.24) is 18.8 Å². The minimum atomic E-state index is -3.32. The SMILES string of the molecule is Cc1ccc(-c2cn3ccc(N(C)CCO)cc3n2)cc1.Cc1ccc(-c2cn3ccc(N(C)CCS(=O)(=O)c4ccc(C)cc4)cc3n2)cc1. The number of aliphatic hydroxyl groups is 1. The first-order valence-corrected chi connectivity index (χ1v) is 18.6. The fourth-order valence-corrected chi connectivity index (χ4v) is 6.97. The maximum absolute atomic E-state index is 12.6. The van der Waals surface area contributed by atoms with Crippen LogP contribution in [0.2, 0.25) is 0 Å². The molecular formula is C41H44N6O3S. The van der Waals surface area contributed by atoms with Gasteiger partial charge in [-0.1, -0.05) is 77.4 Å². The second-order valence-corrected chi connectivity index (χ2v) is 15.1. The van der Waals surface area contributed by atoms with E-state index in [9.17, 15) is 8.42 Å². The maximum atomic E-state index is 12.6. The van der Waals surface area contributed by atoms with Crippen LogP contribution < -0.4 is 9.80 Å². The molecule has 0 saturated carbocycles. The van der Waals surface area contributed by atoms with Gasteiger partial charge in [0.25, 0.3) is 0 Å². The minimum absolute atomic E-state index is 0.0563. The average Bonchev–Trinajstić information content (AvgIpc) is 3.76. The molecule has 0 spiro atoms. The highest BCUT2D eigenvalue weighted by Gasteiger charge is 2.16. The van der Waals surface area contributed by atoms with Crippen LogP contribution in [0.1, 0.15) is 16.7 Å². The van der Waals surface area contributed by atoms with Crippen molar-refractivity contribution in [2.45, 2.75) is 25.7 Å². The third-order valence-electron chi connectivity index (χ3n) is 8.97. The van der Waals surface area contributed by atoms with Crippen LogP contribution in [0.4, 0.5) is 11.4 Å². The van der Waals surface area contributed by atoms with E-state index in [1.165, 1.54) is 11.1 Å². The Hall–Kier alpha value is -5.45. The third-order valence-corrected chi connectivity index (χ3v) is 10.7. The van der Waals surface area contributed by atoms with Crippen LogP contribution in [0, 0.1) is 20.8 Å². The number of fused-ring (bicyclic) bond motifs is 2. The molecule has 4 aromatic heterocycles. The Balaban J connectivity index is 0.000000187. The standard InChI is InChI=1S/C24H25N3O2S.C17H19N3O/c1-18-4-8-20(9-5-18)23-17-27-13-12-21(16-24(27)25-23)26(3)14-15-30(28,29)22-10-6-19(2)7-11-22;1-13-3-5-14(6-4-13)16-12-20-8-7-15(11-17(20)18-16)19(2)9-10-21/h4-13,16-17H,14-15H2,1-3H3;3-8,11-12,21H,9-10H2,1-2H3. The number of aryl methyl sites for hydroxylation is 3. The van der Waals surface area contributed by atoms with Crippen molar-refractivity contribution < 1.29 is 13.5 Å². The quantitative estimate of drug-likeness (QED) is 0.160. The van der Waals surface area contributed by atoms with Gasteiger partial charge in [-0.2, -0.15) is 0 Å². The summed E-state index contributed by atoms with van der Waals surface area (Å²) >= 11 is 0. The molecule has 0 radical (unpaired) electrons. The molecule has 0 bridgehead atoms. The van der Waals surface area contributed by atoms with Gasteiger partial charge < -0.3 is 23.7 Å². The predicted octanol–water partition coefficient (Wildman–Crippen LogP) is 7.27. The first-order valence-electron chi connectivity index (χ1n) is 16.9. The van der Waals surface area contributed by atoms with Crippen LogP contribution in [0.15, 0.2) is 127 Å². The number of likely N-dealkylation sites (N-methyl/N-ethyl adjacent to an activating group) is 1. The average molecular weight is 701 g/mol. The van der Waals surface area contributed by atoms with E-state index in [1.807, 2.05) is 101 Å². The Morgan fingerprint density at radius 3 is 1.45 bits per heavy atom. The molecule has 0 atom stereocenters. The number of sulfone groups is 1. The molecule has 10 heteroatoms. The van der Waals surface area contributed by atoms with Crippen LogP contribution in [0.25, 0.3) is 33.8 Å². The van der Waals surface area contributed by atoms with Crippen LogP contribution in [-0.2, 0) is 9.84 Å². The summed E-state index contributed by atoms with van der Waals surface area (Å²) in [5.74, 6) is 0.0563. The molecule has 0 fully saturated rings. The lowest BCUT2D eigenvalue weighted by Gasteiger charge is -2.19. The number of aromatic nitrogens is 4. The zero-order valence-corrected chi connectivity index (χ0v) is 30.5. The van der Waals surface area contributed by atoms with Gasteiger partial charge in [0, 0.05) is 86.6 Å². The van der Waals surface area contributed by atoms with Crippen molar-refractivity contribution in [1.29, 1.82) is 0 Å². The van der Waals surface area contributed by atoms with Crippen LogP contribution in [0.5, 0.6) is 0 Å². The third kappa shape index (κ3) is 8.48. The molecule has 262 valence electrons. The highest BCUT2D eigenvalue weighted by Crippen LogP contribution is 2.24. The second-order valence-electron chi connectivity index (χ2n) is 13.0. The number of imidazole rings is 2. The van der Waals surface area contributed by atoms with Gasteiger partial charge >= 0.3 is 0 Å². The van der Waals surface area contributed by atoms with E-state index in [0.717, 1.165) is 50.7 Å². The maximum Gasteiger partial charge on any atom is 0.180 e. The van der Waals surface area contributed by atoms with E-state index in [4.69, 9.17) is 10.1 Å². The van der Waals surface area contributed by atoms with E-state index < -0.39 is 9.84 Å². The van der Waals surface area contributed by atoms with Crippen molar-refractivity contribution >= 4 is 32.5 Å². The molecule has 4 heterocycles. The summed E-state index contributed by atoms with van der Waals surface area (Å²) in [5, 5.41) is 9.02. The summed E-state index contributed by atoms with van der Waals surface area (Å²) in [6.07, 6.45) is 8.00. The molecule has 7 rings (SSSR count). The first-order chi connectivity index (χ1) is 24.5. The second kappa shape index (κ2) is 15.2. The molecule has 0 aliphatic heterocycles. The zero-order chi connectivity index (χ0) is 36.1. The Morgan fingerprint density at radius 1 is 0.608 bits per heavy atom. The summed E-state index contributed by atoms with van der Waals surface area (Å²) < 4.78 is 29.3. The highest BCUT2D eigenvalue weighted by atomic mass is 32.2. The van der Waals surface area contributed by atoms with E-state index in [2.05, 4.69) is 67.4 Å². The topological polar surface area (TPSA) is 95.5 Å². The molecule has 7 aromatic rings. The van der Waals surface area contributed by atoms with Gasteiger partial charge in [0.15, 0.2) is 9.84 Å². The van der Waals surface area contributed by atoms with Gasteiger partial charge in [0.2, 0.25) is 0 Å². The van der Waals surface area contributed by atoms with Gasteiger partial charge in [-0.25, -0.2) is 18.4 Å².